The summed E-state index contributed by atoms with van der Waals surface area (Å²) in [5.41, 5.74) is 7.62. The average molecular weight is 790 g/mol. The van der Waals surface area contributed by atoms with Crippen molar-refractivity contribution < 1.29 is 33.8 Å². The van der Waals surface area contributed by atoms with Gasteiger partial charge >= 0.3 is 12.2 Å². The number of benzene rings is 3. The summed E-state index contributed by atoms with van der Waals surface area (Å²) in [6, 6.07) is 20.5. The molecule has 2 N–H and O–H groups in total. The van der Waals surface area contributed by atoms with Crippen molar-refractivity contribution in [2.45, 2.75) is 110 Å². The van der Waals surface area contributed by atoms with Crippen LogP contribution in [-0.4, -0.2) is 80.9 Å². The summed E-state index contributed by atoms with van der Waals surface area (Å²) in [6.45, 7) is 10.7. The molecule has 3 heterocycles. The number of fused-ring (bicyclic) bond motifs is 2. The lowest BCUT2D eigenvalue weighted by atomic mass is 9.90. The minimum absolute atomic E-state index is 0.0321. The lowest BCUT2D eigenvalue weighted by Crippen LogP contribution is -2.43. The first-order chi connectivity index (χ1) is 27.6. The van der Waals surface area contributed by atoms with Crippen LogP contribution in [0.2, 0.25) is 0 Å². The number of nitrogens with zero attached hydrogens (tertiary/aromatic N) is 4. The van der Waals surface area contributed by atoms with Crippen LogP contribution in [0.4, 0.5) is 15.3 Å². The summed E-state index contributed by atoms with van der Waals surface area (Å²) >= 11 is 0. The molecule has 1 aromatic heterocycles. The molecule has 7 rings (SSSR count). The number of carbonyl (C=O) groups is 4. The summed E-state index contributed by atoms with van der Waals surface area (Å²) in [4.78, 5) is 59.9. The predicted octanol–water partition coefficient (Wildman–Crippen LogP) is 7.90. The third kappa shape index (κ3) is 8.56. The first kappa shape index (κ1) is 40.4. The summed E-state index contributed by atoms with van der Waals surface area (Å²) < 4.78 is 13.4. The molecule has 1 saturated carbocycles. The summed E-state index contributed by atoms with van der Waals surface area (Å²) in [7, 11) is 3.62. The Bertz CT molecular complexity index is 2210. The zero-order valence-electron chi connectivity index (χ0n) is 34.6. The van der Waals surface area contributed by atoms with Gasteiger partial charge in [0, 0.05) is 74.0 Å². The molecule has 3 aliphatic rings. The number of phenols is 1. The number of carbonyl (C=O) groups excluding carboxylic acids is 4. The smallest absolute Gasteiger partial charge is 0.410 e. The first-order valence-corrected chi connectivity index (χ1v) is 20.3. The van der Waals surface area contributed by atoms with E-state index in [1.165, 1.54) is 5.56 Å². The van der Waals surface area contributed by atoms with Crippen molar-refractivity contribution in [1.82, 2.24) is 19.7 Å². The Balaban J connectivity index is 1.14. The van der Waals surface area contributed by atoms with Crippen molar-refractivity contribution in [1.29, 1.82) is 0 Å². The molecule has 3 aromatic carbocycles. The molecule has 4 amide bonds. The van der Waals surface area contributed by atoms with Crippen LogP contribution in [0.25, 0.3) is 11.3 Å². The number of nitrogens with one attached hydrogen (secondary N) is 1. The molecule has 306 valence electrons. The van der Waals surface area contributed by atoms with Crippen LogP contribution in [0.3, 0.4) is 0 Å². The van der Waals surface area contributed by atoms with Gasteiger partial charge in [0.1, 0.15) is 17.5 Å². The maximum atomic E-state index is 14.9. The van der Waals surface area contributed by atoms with Crippen molar-refractivity contribution in [3.63, 3.8) is 0 Å². The fourth-order valence-electron chi connectivity index (χ4n) is 8.42. The fraction of sp³-hybridized carbons (Fsp3) is 0.435. The second-order valence-electron chi connectivity index (χ2n) is 17.1. The van der Waals surface area contributed by atoms with Gasteiger partial charge in [-0.2, -0.15) is 0 Å². The van der Waals surface area contributed by atoms with Gasteiger partial charge in [-0.15, -0.1) is 0 Å². The lowest BCUT2D eigenvalue weighted by molar-refractivity contribution is 0.0311. The van der Waals surface area contributed by atoms with E-state index in [2.05, 4.69) is 30.4 Å². The number of amides is 4. The van der Waals surface area contributed by atoms with Gasteiger partial charge in [0.15, 0.2) is 0 Å². The zero-order valence-corrected chi connectivity index (χ0v) is 34.6. The molecular weight excluding hydrogens is 735 g/mol. The Morgan fingerprint density at radius 2 is 1.55 bits per heavy atom. The largest absolute Gasteiger partial charge is 0.508 e. The van der Waals surface area contributed by atoms with E-state index < -0.39 is 11.7 Å². The van der Waals surface area contributed by atoms with Crippen molar-refractivity contribution in [2.24, 2.45) is 7.05 Å². The SMILES string of the molecule is Cc1c(C(=O)N(C)c2ccc(O)cc2)cc(-c2cc3c(cc2C(=O)N2Cc4ccccc4C[C@H]2C)CN(C(=O)O[C@H]2CC[C@H](NC(=O)OC(C)(C)C)CC2)CC3)n1C. The van der Waals surface area contributed by atoms with E-state index in [-0.39, 0.29) is 41.8 Å². The van der Waals surface area contributed by atoms with Crippen LogP contribution in [-0.2, 0) is 42.5 Å². The van der Waals surface area contributed by atoms with Gasteiger partial charge in [-0.1, -0.05) is 24.3 Å². The summed E-state index contributed by atoms with van der Waals surface area (Å²) in [5, 5.41) is 12.7. The van der Waals surface area contributed by atoms with E-state index in [1.807, 2.05) is 68.5 Å². The van der Waals surface area contributed by atoms with Crippen molar-refractivity contribution in [2.75, 3.05) is 18.5 Å². The van der Waals surface area contributed by atoms with Crippen LogP contribution >= 0.6 is 0 Å². The Kier molecular flexibility index (Phi) is 11.3. The van der Waals surface area contributed by atoms with Crippen LogP contribution in [0.5, 0.6) is 5.75 Å². The molecule has 0 saturated heterocycles. The highest BCUT2D eigenvalue weighted by Crippen LogP contribution is 2.36. The van der Waals surface area contributed by atoms with Gasteiger partial charge in [-0.05, 0) is 138 Å². The third-order valence-corrected chi connectivity index (χ3v) is 11.9. The number of hydrogen-bond acceptors (Lipinski definition) is 7. The highest BCUT2D eigenvalue weighted by atomic mass is 16.6. The number of phenolic OH excluding ortho intramolecular Hbond substituents is 1. The summed E-state index contributed by atoms with van der Waals surface area (Å²) in [6.07, 6.45) is 2.90. The second-order valence-corrected chi connectivity index (χ2v) is 17.1. The van der Waals surface area contributed by atoms with Crippen LogP contribution in [0, 0.1) is 6.92 Å². The number of rotatable bonds is 6. The van der Waals surface area contributed by atoms with Gasteiger partial charge in [0.05, 0.1) is 5.56 Å². The minimum Gasteiger partial charge on any atom is -0.508 e. The van der Waals surface area contributed by atoms with Crippen molar-refractivity contribution in [3.05, 3.63) is 106 Å². The number of alkyl carbamates (subject to hydrolysis) is 1. The zero-order chi connectivity index (χ0) is 41.5. The monoisotopic (exact) mass is 789 g/mol. The van der Waals surface area contributed by atoms with E-state index in [9.17, 15) is 24.3 Å². The third-order valence-electron chi connectivity index (χ3n) is 11.9. The number of hydrogen-bond donors (Lipinski definition) is 2. The van der Waals surface area contributed by atoms with Crippen molar-refractivity contribution in [3.8, 4) is 17.0 Å². The van der Waals surface area contributed by atoms with Crippen LogP contribution < -0.4 is 10.2 Å². The highest BCUT2D eigenvalue weighted by Gasteiger charge is 2.34. The molecule has 58 heavy (non-hydrogen) atoms. The summed E-state index contributed by atoms with van der Waals surface area (Å²) in [5.74, 6) is -0.198. The first-order valence-electron chi connectivity index (χ1n) is 20.3. The molecule has 2 aliphatic heterocycles. The van der Waals surface area contributed by atoms with E-state index in [0.717, 1.165) is 40.1 Å². The highest BCUT2D eigenvalue weighted by molar-refractivity contribution is 6.08. The number of aromatic nitrogens is 1. The standard InChI is InChI=1S/C46H55N5O7/c1-28-22-30-10-8-9-11-32(30)27-51(28)43(54)40-24-33-26-50(45(56)57-37-18-12-34(13-19-37)47-44(55)58-46(3,4)5)21-20-31(33)23-39(40)41-25-38(29(2)48(41)6)42(53)49(7)35-14-16-36(52)17-15-35/h8-11,14-17,23-25,28,34,37,52H,12-13,18-22,26-27H2,1-7H3,(H,47,55)/t28-,34-,37-/m1/s1. The topological polar surface area (TPSA) is 134 Å². The minimum atomic E-state index is -0.574. The molecule has 4 aromatic rings. The van der Waals surface area contributed by atoms with E-state index in [4.69, 9.17) is 9.47 Å². The van der Waals surface area contributed by atoms with Crippen LogP contribution in [0.15, 0.2) is 66.7 Å². The average Bonchev–Trinajstić information content (AvgIpc) is 3.49. The van der Waals surface area contributed by atoms with Crippen LogP contribution in [0.1, 0.15) is 102 Å². The number of ether oxygens (including phenoxy) is 2. The Morgan fingerprint density at radius 3 is 2.24 bits per heavy atom. The lowest BCUT2D eigenvalue weighted by Gasteiger charge is -2.36. The molecule has 1 atom stereocenters. The fourth-order valence-corrected chi connectivity index (χ4v) is 8.42. The molecule has 12 nitrogen and oxygen atoms in total. The van der Waals surface area contributed by atoms with Gasteiger partial charge in [-0.25, -0.2) is 9.59 Å². The molecule has 0 unspecified atom stereocenters. The van der Waals surface area contributed by atoms with Gasteiger partial charge in [0.25, 0.3) is 11.8 Å². The second kappa shape index (κ2) is 16.2. The number of anilines is 1. The maximum absolute atomic E-state index is 14.9. The van der Waals surface area contributed by atoms with E-state index in [1.54, 1.807) is 41.1 Å². The maximum Gasteiger partial charge on any atom is 0.410 e. The molecule has 1 aliphatic carbocycles. The molecule has 0 radical (unpaired) electrons. The normalized spacial score (nSPS) is 19.1. The molecule has 1 fully saturated rings. The predicted molar refractivity (Wildman–Crippen MR) is 222 cm³/mol. The Hall–Kier alpha value is -5.78. The van der Waals surface area contributed by atoms with Gasteiger partial charge < -0.3 is 39.2 Å². The van der Waals surface area contributed by atoms with E-state index in [0.29, 0.717) is 68.6 Å². The Labute approximate surface area is 340 Å². The van der Waals surface area contributed by atoms with Gasteiger partial charge in [-0.3, -0.25) is 9.59 Å². The molecule has 12 heteroatoms. The molecule has 0 spiro atoms. The van der Waals surface area contributed by atoms with E-state index >= 15 is 0 Å². The molecule has 0 bridgehead atoms. The Morgan fingerprint density at radius 1 is 0.862 bits per heavy atom. The number of aromatic hydroxyl groups is 1. The van der Waals surface area contributed by atoms with Gasteiger partial charge in [0.2, 0.25) is 0 Å². The quantitative estimate of drug-likeness (QED) is 0.203. The molecular formula is C46H55N5O7. The van der Waals surface area contributed by atoms with Crippen molar-refractivity contribution >= 4 is 29.7 Å².